The summed E-state index contributed by atoms with van der Waals surface area (Å²) in [6, 6.07) is 11.8. The van der Waals surface area contributed by atoms with E-state index >= 15 is 0 Å². The third-order valence-corrected chi connectivity index (χ3v) is 2.81. The van der Waals surface area contributed by atoms with Crippen molar-refractivity contribution in [1.82, 2.24) is 20.0 Å². The fourth-order valence-electron chi connectivity index (χ4n) is 1.89. The fourth-order valence-corrected chi connectivity index (χ4v) is 1.89. The van der Waals surface area contributed by atoms with E-state index in [-0.39, 0.29) is 0 Å². The Morgan fingerprint density at radius 1 is 1.11 bits per heavy atom. The zero-order valence-corrected chi connectivity index (χ0v) is 9.82. The number of nitrogens with zero attached hydrogens (tertiary/aromatic N) is 4. The number of nitrogens with two attached hydrogens (primary N) is 1. The summed E-state index contributed by atoms with van der Waals surface area (Å²) in [4.78, 5) is 4.39. The maximum atomic E-state index is 5.51. The number of pyridine rings is 1. The van der Waals surface area contributed by atoms with Gasteiger partial charge in [-0.15, -0.1) is 5.10 Å². The predicted octanol–water partition coefficient (Wildman–Crippen LogP) is 1.32. The van der Waals surface area contributed by atoms with Crippen molar-refractivity contribution >= 4 is 11.0 Å². The minimum atomic E-state index is 0.632. The zero-order valence-electron chi connectivity index (χ0n) is 9.82. The van der Waals surface area contributed by atoms with Gasteiger partial charge in [-0.3, -0.25) is 0 Å². The molecular formula is C13H13N5. The summed E-state index contributed by atoms with van der Waals surface area (Å²) in [5.41, 5.74) is 8.46. The number of aromatic nitrogens is 4. The molecule has 0 bridgehead atoms. The van der Waals surface area contributed by atoms with Gasteiger partial charge in [-0.2, -0.15) is 4.68 Å². The van der Waals surface area contributed by atoms with Gasteiger partial charge in [0.05, 0.1) is 5.52 Å². The Morgan fingerprint density at radius 3 is 2.78 bits per heavy atom. The first-order chi connectivity index (χ1) is 8.88. The van der Waals surface area contributed by atoms with Crippen LogP contribution in [-0.2, 0) is 6.42 Å². The fraction of sp³-hybridized carbons (Fsp3) is 0.154. The van der Waals surface area contributed by atoms with Crippen molar-refractivity contribution in [3.63, 3.8) is 0 Å². The molecule has 0 aliphatic carbocycles. The lowest BCUT2D eigenvalue weighted by Crippen LogP contribution is -2.04. The topological polar surface area (TPSA) is 69.6 Å². The van der Waals surface area contributed by atoms with Crippen molar-refractivity contribution in [3.8, 4) is 5.82 Å². The van der Waals surface area contributed by atoms with Crippen LogP contribution >= 0.6 is 0 Å². The second kappa shape index (κ2) is 4.54. The van der Waals surface area contributed by atoms with E-state index in [1.807, 2.05) is 42.6 Å². The van der Waals surface area contributed by atoms with Gasteiger partial charge in [0.1, 0.15) is 5.52 Å². The summed E-state index contributed by atoms with van der Waals surface area (Å²) in [6.45, 7) is 0.632. The maximum absolute atomic E-state index is 5.51. The first-order valence-electron chi connectivity index (χ1n) is 5.84. The summed E-state index contributed by atoms with van der Waals surface area (Å²) in [5.74, 6) is 0.768. The second-order valence-electron chi connectivity index (χ2n) is 4.05. The van der Waals surface area contributed by atoms with E-state index in [4.69, 9.17) is 5.73 Å². The Bertz CT molecular complexity index is 656. The summed E-state index contributed by atoms with van der Waals surface area (Å²) < 4.78 is 1.74. The summed E-state index contributed by atoms with van der Waals surface area (Å²) >= 11 is 0. The van der Waals surface area contributed by atoms with Crippen LogP contribution in [0.5, 0.6) is 0 Å². The molecule has 0 saturated carbocycles. The molecule has 0 aliphatic heterocycles. The molecule has 18 heavy (non-hydrogen) atoms. The van der Waals surface area contributed by atoms with Gasteiger partial charge in [0.15, 0.2) is 5.82 Å². The van der Waals surface area contributed by atoms with Crippen LogP contribution in [0, 0.1) is 0 Å². The minimum Gasteiger partial charge on any atom is -0.330 e. The first kappa shape index (κ1) is 10.9. The summed E-state index contributed by atoms with van der Waals surface area (Å²) in [6.07, 6.45) is 2.67. The Hall–Kier alpha value is -2.27. The molecule has 2 heterocycles. The van der Waals surface area contributed by atoms with Gasteiger partial charge in [-0.25, -0.2) is 4.98 Å². The van der Waals surface area contributed by atoms with Crippen LogP contribution in [0.1, 0.15) is 5.56 Å². The number of para-hydroxylation sites is 1. The average Bonchev–Trinajstić information content (AvgIpc) is 2.84. The Labute approximate surface area is 104 Å². The number of hydrogen-bond acceptors (Lipinski definition) is 4. The van der Waals surface area contributed by atoms with Gasteiger partial charge in [0.2, 0.25) is 0 Å². The van der Waals surface area contributed by atoms with Crippen molar-refractivity contribution in [1.29, 1.82) is 0 Å². The van der Waals surface area contributed by atoms with E-state index < -0.39 is 0 Å². The molecule has 5 nitrogen and oxygen atoms in total. The van der Waals surface area contributed by atoms with Crippen molar-refractivity contribution < 1.29 is 0 Å². The molecule has 0 spiro atoms. The Balaban J connectivity index is 2.03. The van der Waals surface area contributed by atoms with Crippen molar-refractivity contribution in [3.05, 3.63) is 48.2 Å². The highest BCUT2D eigenvalue weighted by molar-refractivity contribution is 5.75. The van der Waals surface area contributed by atoms with Gasteiger partial charge >= 0.3 is 0 Å². The smallest absolute Gasteiger partial charge is 0.155 e. The standard InChI is InChI=1S/C13H13N5/c14-8-7-10-5-6-13(15-9-10)18-12-4-2-1-3-11(12)16-17-18/h1-6,9H,7-8,14H2. The van der Waals surface area contributed by atoms with E-state index in [0.717, 1.165) is 28.8 Å². The second-order valence-corrected chi connectivity index (χ2v) is 4.05. The van der Waals surface area contributed by atoms with Crippen LogP contribution in [0.3, 0.4) is 0 Å². The number of fused-ring (bicyclic) bond motifs is 1. The quantitative estimate of drug-likeness (QED) is 0.748. The van der Waals surface area contributed by atoms with Crippen LogP contribution in [0.15, 0.2) is 42.6 Å². The highest BCUT2D eigenvalue weighted by Crippen LogP contribution is 2.14. The lowest BCUT2D eigenvalue weighted by molar-refractivity contribution is 0.798. The largest absolute Gasteiger partial charge is 0.330 e. The zero-order chi connectivity index (χ0) is 12.4. The molecule has 0 aliphatic rings. The lowest BCUT2D eigenvalue weighted by Gasteiger charge is -2.02. The number of rotatable bonds is 3. The van der Waals surface area contributed by atoms with Crippen LogP contribution < -0.4 is 5.73 Å². The average molecular weight is 239 g/mol. The molecule has 0 unspecified atom stereocenters. The summed E-state index contributed by atoms with van der Waals surface area (Å²) in [5, 5.41) is 8.23. The molecule has 0 saturated heterocycles. The maximum Gasteiger partial charge on any atom is 0.155 e. The van der Waals surface area contributed by atoms with E-state index in [2.05, 4.69) is 15.3 Å². The molecule has 2 N–H and O–H groups in total. The minimum absolute atomic E-state index is 0.632. The highest BCUT2D eigenvalue weighted by atomic mass is 15.4. The molecule has 0 amide bonds. The van der Waals surface area contributed by atoms with Crippen LogP contribution in [0.4, 0.5) is 0 Å². The van der Waals surface area contributed by atoms with E-state index in [0.29, 0.717) is 6.54 Å². The van der Waals surface area contributed by atoms with Crippen molar-refractivity contribution in [2.45, 2.75) is 6.42 Å². The molecule has 90 valence electrons. The molecular weight excluding hydrogens is 226 g/mol. The predicted molar refractivity (Wildman–Crippen MR) is 69.4 cm³/mol. The third-order valence-electron chi connectivity index (χ3n) is 2.81. The van der Waals surface area contributed by atoms with E-state index in [9.17, 15) is 0 Å². The van der Waals surface area contributed by atoms with Crippen molar-refractivity contribution in [2.24, 2.45) is 5.73 Å². The molecule has 3 rings (SSSR count). The molecule has 0 fully saturated rings. The van der Waals surface area contributed by atoms with Crippen LogP contribution in [0.2, 0.25) is 0 Å². The highest BCUT2D eigenvalue weighted by Gasteiger charge is 2.06. The monoisotopic (exact) mass is 239 g/mol. The van der Waals surface area contributed by atoms with E-state index in [1.54, 1.807) is 4.68 Å². The Morgan fingerprint density at radius 2 is 2.00 bits per heavy atom. The van der Waals surface area contributed by atoms with Crippen molar-refractivity contribution in [2.75, 3.05) is 6.54 Å². The molecule has 0 radical (unpaired) electrons. The van der Waals surface area contributed by atoms with Gasteiger partial charge in [-0.1, -0.05) is 23.4 Å². The Kier molecular flexibility index (Phi) is 2.74. The first-order valence-corrected chi connectivity index (χ1v) is 5.84. The van der Waals surface area contributed by atoms with Gasteiger partial charge < -0.3 is 5.73 Å². The summed E-state index contributed by atoms with van der Waals surface area (Å²) in [7, 11) is 0. The normalized spacial score (nSPS) is 10.9. The van der Waals surface area contributed by atoms with Gasteiger partial charge in [0.25, 0.3) is 0 Å². The molecule has 5 heteroatoms. The SMILES string of the molecule is NCCc1ccc(-n2nnc3ccccc32)nc1. The number of benzene rings is 1. The molecule has 1 aromatic carbocycles. The van der Waals surface area contributed by atoms with Crippen LogP contribution in [0.25, 0.3) is 16.9 Å². The van der Waals surface area contributed by atoms with Gasteiger partial charge in [0, 0.05) is 6.20 Å². The molecule has 3 aromatic rings. The lowest BCUT2D eigenvalue weighted by atomic mass is 10.2. The van der Waals surface area contributed by atoms with E-state index in [1.165, 1.54) is 0 Å². The molecule has 0 atom stereocenters. The third kappa shape index (κ3) is 1.84. The van der Waals surface area contributed by atoms with Crippen LogP contribution in [-0.4, -0.2) is 26.5 Å². The number of hydrogen-bond donors (Lipinski definition) is 1. The molecule has 2 aromatic heterocycles. The van der Waals surface area contributed by atoms with Gasteiger partial charge in [-0.05, 0) is 36.7 Å².